The van der Waals surface area contributed by atoms with Crippen molar-refractivity contribution < 1.29 is 37.1 Å². The molecule has 4 amide bonds. The van der Waals surface area contributed by atoms with Gasteiger partial charge in [-0.25, -0.2) is 0 Å². The van der Waals surface area contributed by atoms with Crippen LogP contribution in [-0.4, -0.2) is 71.7 Å². The van der Waals surface area contributed by atoms with E-state index < -0.39 is 59.6 Å². The summed E-state index contributed by atoms with van der Waals surface area (Å²) in [5.74, 6) is -5.37. The summed E-state index contributed by atoms with van der Waals surface area (Å²) in [7, 11) is 0. The van der Waals surface area contributed by atoms with Crippen molar-refractivity contribution in [3.63, 3.8) is 0 Å². The lowest BCUT2D eigenvalue weighted by Crippen LogP contribution is -2.60. The third-order valence-electron chi connectivity index (χ3n) is 9.24. The van der Waals surface area contributed by atoms with E-state index in [0.29, 0.717) is 25.8 Å². The molecule has 4 aliphatic rings. The van der Waals surface area contributed by atoms with E-state index in [1.165, 1.54) is 4.90 Å². The maximum Gasteiger partial charge on any atom is 0.471 e. The predicted octanol–water partition coefficient (Wildman–Crippen LogP) is 1.86. The van der Waals surface area contributed by atoms with Crippen LogP contribution in [-0.2, 0) is 24.0 Å². The van der Waals surface area contributed by atoms with Crippen molar-refractivity contribution in [3.05, 3.63) is 12.7 Å². The minimum absolute atomic E-state index is 0.0447. The molecule has 3 N–H and O–H groups in total. The fourth-order valence-electron chi connectivity index (χ4n) is 6.86. The number of hydrogen-bond acceptors (Lipinski definition) is 5. The summed E-state index contributed by atoms with van der Waals surface area (Å²) in [6.45, 7) is 8.06. The van der Waals surface area contributed by atoms with Gasteiger partial charge in [-0.05, 0) is 54.9 Å². The lowest BCUT2D eigenvalue weighted by atomic mass is 9.83. The second-order valence-electron chi connectivity index (χ2n) is 11.9. The number of ketones is 1. The highest BCUT2D eigenvalue weighted by molar-refractivity contribution is 5.99. The number of carbonyl (C=O) groups is 5. The largest absolute Gasteiger partial charge is 0.471 e. The van der Waals surface area contributed by atoms with E-state index in [-0.39, 0.29) is 36.1 Å². The van der Waals surface area contributed by atoms with Gasteiger partial charge in [-0.15, -0.1) is 0 Å². The van der Waals surface area contributed by atoms with Crippen molar-refractivity contribution in [1.82, 2.24) is 20.9 Å². The first kappa shape index (κ1) is 29.1. The molecule has 6 atom stereocenters. The van der Waals surface area contributed by atoms with E-state index in [1.807, 2.05) is 19.2 Å². The maximum atomic E-state index is 13.8. The molecule has 0 aromatic carbocycles. The molecule has 2 saturated carbocycles. The summed E-state index contributed by atoms with van der Waals surface area (Å²) in [6, 6.07) is -3.44. The second-order valence-corrected chi connectivity index (χ2v) is 11.9. The number of rotatable bonds is 9. The first-order valence-corrected chi connectivity index (χ1v) is 13.7. The van der Waals surface area contributed by atoms with Crippen LogP contribution in [0.2, 0.25) is 0 Å². The van der Waals surface area contributed by atoms with Crippen LogP contribution >= 0.6 is 0 Å². The monoisotopic (exact) mass is 554 g/mol. The van der Waals surface area contributed by atoms with E-state index in [1.54, 1.807) is 0 Å². The Morgan fingerprint density at radius 3 is 2.36 bits per heavy atom. The van der Waals surface area contributed by atoms with Crippen LogP contribution in [0.15, 0.2) is 12.7 Å². The molecule has 0 radical (unpaired) electrons. The quantitative estimate of drug-likeness (QED) is 0.376. The minimum atomic E-state index is -5.15. The molecule has 2 saturated heterocycles. The molecule has 9 nitrogen and oxygen atoms in total. The highest BCUT2D eigenvalue weighted by Crippen LogP contribution is 2.65. The van der Waals surface area contributed by atoms with Crippen LogP contribution in [0.3, 0.4) is 0 Å². The SMILES string of the molecule is C=CC(=O)[C@H](C[C@@H]1CCNC1=O)NC(=O)[C@@H]1[C@@H]2[C@H](CN1C(=O)[C@@H](NC(=O)C(F)(F)F)C1CCCCC1)C2(C)C. The zero-order chi connectivity index (χ0) is 28.7. The van der Waals surface area contributed by atoms with Crippen molar-refractivity contribution in [3.8, 4) is 0 Å². The number of hydrogen-bond donors (Lipinski definition) is 3. The smallest absolute Gasteiger partial charge is 0.356 e. The van der Waals surface area contributed by atoms with Crippen molar-refractivity contribution in [2.24, 2.45) is 29.1 Å². The Morgan fingerprint density at radius 2 is 1.79 bits per heavy atom. The summed E-state index contributed by atoms with van der Waals surface area (Å²) >= 11 is 0. The maximum absolute atomic E-state index is 13.8. The molecular formula is C27H37F3N4O5. The van der Waals surface area contributed by atoms with E-state index in [2.05, 4.69) is 17.2 Å². The number of nitrogens with zero attached hydrogens (tertiary/aromatic N) is 1. The van der Waals surface area contributed by atoms with Crippen LogP contribution in [0.1, 0.15) is 58.8 Å². The predicted molar refractivity (Wildman–Crippen MR) is 134 cm³/mol. The molecule has 0 aromatic rings. The Morgan fingerprint density at radius 1 is 1.13 bits per heavy atom. The van der Waals surface area contributed by atoms with Crippen molar-refractivity contribution >= 4 is 29.4 Å². The van der Waals surface area contributed by atoms with E-state index in [4.69, 9.17) is 0 Å². The Labute approximate surface area is 225 Å². The summed E-state index contributed by atoms with van der Waals surface area (Å²) < 4.78 is 39.5. The number of piperidine rings is 1. The first-order chi connectivity index (χ1) is 18.3. The Kier molecular flexibility index (Phi) is 8.14. The minimum Gasteiger partial charge on any atom is -0.356 e. The van der Waals surface area contributed by atoms with Gasteiger partial charge in [0.2, 0.25) is 17.7 Å². The third-order valence-corrected chi connectivity index (χ3v) is 9.24. The lowest BCUT2D eigenvalue weighted by Gasteiger charge is -2.37. The van der Waals surface area contributed by atoms with E-state index >= 15 is 0 Å². The molecule has 4 rings (SSSR count). The molecular weight excluding hydrogens is 517 g/mol. The number of carbonyl (C=O) groups excluding carboxylic acids is 5. The fourth-order valence-corrected chi connectivity index (χ4v) is 6.86. The molecule has 2 aliphatic carbocycles. The van der Waals surface area contributed by atoms with Crippen LogP contribution in [0.4, 0.5) is 13.2 Å². The van der Waals surface area contributed by atoms with Gasteiger partial charge in [-0.3, -0.25) is 24.0 Å². The molecule has 2 aliphatic heterocycles. The Hall–Kier alpha value is -2.92. The standard InChI is InChI=1S/C27H37F3N4O5/c1-4-18(35)17(12-15-10-11-31-22(15)36)32-23(37)21-19-16(26(19,2)3)13-34(21)24(38)20(14-8-6-5-7-9-14)33-25(39)27(28,29)30/h4,14-17,19-21H,1,5-13H2,2-3H3,(H,31,36)(H,32,37)(H,33,39)/t15-,16-,17-,19-,20-,21-/m0/s1. The van der Waals surface area contributed by atoms with Crippen LogP contribution in [0, 0.1) is 29.1 Å². The van der Waals surface area contributed by atoms with Gasteiger partial charge in [0.15, 0.2) is 5.78 Å². The van der Waals surface area contributed by atoms with Gasteiger partial charge in [0.1, 0.15) is 12.1 Å². The first-order valence-electron chi connectivity index (χ1n) is 13.7. The number of nitrogens with one attached hydrogen (secondary N) is 3. The summed E-state index contributed by atoms with van der Waals surface area (Å²) in [4.78, 5) is 65.4. The molecule has 216 valence electrons. The zero-order valence-electron chi connectivity index (χ0n) is 22.3. The van der Waals surface area contributed by atoms with Gasteiger partial charge in [0.05, 0.1) is 6.04 Å². The van der Waals surface area contributed by atoms with Gasteiger partial charge >= 0.3 is 12.1 Å². The average Bonchev–Trinajstić information content (AvgIpc) is 3.23. The number of amides is 4. The summed E-state index contributed by atoms with van der Waals surface area (Å²) in [5.41, 5.74) is -0.280. The van der Waals surface area contributed by atoms with Gasteiger partial charge in [-0.1, -0.05) is 39.7 Å². The van der Waals surface area contributed by atoms with E-state index in [0.717, 1.165) is 25.3 Å². The van der Waals surface area contributed by atoms with E-state index in [9.17, 15) is 37.1 Å². The normalized spacial score (nSPS) is 29.6. The molecule has 0 spiro atoms. The number of halogens is 3. The van der Waals surface area contributed by atoms with Gasteiger partial charge < -0.3 is 20.9 Å². The van der Waals surface area contributed by atoms with Crippen molar-refractivity contribution in [2.45, 2.75) is 83.1 Å². The van der Waals surface area contributed by atoms with Crippen molar-refractivity contribution in [2.75, 3.05) is 13.1 Å². The molecule has 0 aromatic heterocycles. The Bertz CT molecular complexity index is 1040. The molecule has 0 unspecified atom stereocenters. The highest BCUT2D eigenvalue weighted by Gasteiger charge is 2.69. The average molecular weight is 555 g/mol. The third kappa shape index (κ3) is 5.84. The number of alkyl halides is 3. The molecule has 2 heterocycles. The zero-order valence-corrected chi connectivity index (χ0v) is 22.3. The highest BCUT2D eigenvalue weighted by atomic mass is 19.4. The Balaban J connectivity index is 1.57. The van der Waals surface area contributed by atoms with Crippen LogP contribution in [0.5, 0.6) is 0 Å². The van der Waals surface area contributed by atoms with Crippen molar-refractivity contribution in [1.29, 1.82) is 0 Å². The molecule has 0 bridgehead atoms. The van der Waals surface area contributed by atoms with Gasteiger partial charge in [0.25, 0.3) is 0 Å². The van der Waals surface area contributed by atoms with Crippen LogP contribution in [0.25, 0.3) is 0 Å². The summed E-state index contributed by atoms with van der Waals surface area (Å²) in [5, 5.41) is 7.36. The lowest BCUT2D eigenvalue weighted by molar-refractivity contribution is -0.176. The molecule has 39 heavy (non-hydrogen) atoms. The summed E-state index contributed by atoms with van der Waals surface area (Å²) in [6.07, 6.45) is -0.119. The topological polar surface area (TPSA) is 125 Å². The number of fused-ring (bicyclic) bond motifs is 1. The fraction of sp³-hybridized carbons (Fsp3) is 0.741. The van der Waals surface area contributed by atoms with Gasteiger partial charge in [0, 0.05) is 19.0 Å². The number of likely N-dealkylation sites (tertiary alicyclic amines) is 1. The molecule has 4 fully saturated rings. The van der Waals surface area contributed by atoms with Gasteiger partial charge in [-0.2, -0.15) is 13.2 Å². The second kappa shape index (κ2) is 10.9. The molecule has 12 heteroatoms. The van der Waals surface area contributed by atoms with Crippen LogP contribution < -0.4 is 16.0 Å².